The Morgan fingerprint density at radius 3 is 2.87 bits per heavy atom. The molecule has 0 atom stereocenters. The third-order valence-corrected chi connectivity index (χ3v) is 2.01. The third-order valence-electron chi connectivity index (χ3n) is 2.01. The summed E-state index contributed by atoms with van der Waals surface area (Å²) in [7, 11) is 1.74. The van der Waals surface area contributed by atoms with Gasteiger partial charge >= 0.3 is 5.69 Å². The highest BCUT2D eigenvalue weighted by atomic mass is 16.2. The van der Waals surface area contributed by atoms with E-state index in [1.54, 1.807) is 11.7 Å². The average molecular weight is 207 g/mol. The highest BCUT2D eigenvalue weighted by molar-refractivity contribution is 4.89. The van der Waals surface area contributed by atoms with Gasteiger partial charge < -0.3 is 0 Å². The fourth-order valence-corrected chi connectivity index (χ4v) is 1.18. The van der Waals surface area contributed by atoms with Crippen LogP contribution in [0.3, 0.4) is 0 Å². The number of nitrogens with zero attached hydrogens (tertiary/aromatic N) is 4. The molecule has 2 heterocycles. The van der Waals surface area contributed by atoms with E-state index >= 15 is 0 Å². The van der Waals surface area contributed by atoms with E-state index in [1.807, 2.05) is 0 Å². The molecule has 2 aromatic rings. The normalized spacial score (nSPS) is 10.5. The Hall–Kier alpha value is -2.18. The zero-order chi connectivity index (χ0) is 10.8. The molecule has 78 valence electrons. The molecule has 0 aliphatic rings. The molecule has 0 aliphatic carbocycles. The molecule has 0 aromatic carbocycles. The van der Waals surface area contributed by atoms with Crippen LogP contribution in [-0.4, -0.2) is 24.3 Å². The Bertz CT molecular complexity index is 579. The molecule has 1 N–H and O–H groups in total. The van der Waals surface area contributed by atoms with Crippen molar-refractivity contribution in [1.82, 2.24) is 24.3 Å². The van der Waals surface area contributed by atoms with Crippen molar-refractivity contribution in [1.29, 1.82) is 0 Å². The van der Waals surface area contributed by atoms with E-state index in [1.165, 1.54) is 23.2 Å². The lowest BCUT2D eigenvalue weighted by atomic mass is 10.5. The number of hydrogen-bond donors (Lipinski definition) is 1. The first-order valence-corrected chi connectivity index (χ1v) is 4.29. The Labute approximate surface area is 84.0 Å². The minimum absolute atomic E-state index is 0.284. The van der Waals surface area contributed by atoms with Gasteiger partial charge in [-0.2, -0.15) is 5.10 Å². The summed E-state index contributed by atoms with van der Waals surface area (Å²) in [6.45, 7) is 0.284. The Balaban J connectivity index is 2.37. The van der Waals surface area contributed by atoms with Crippen molar-refractivity contribution in [3.63, 3.8) is 0 Å². The summed E-state index contributed by atoms with van der Waals surface area (Å²) < 4.78 is 2.92. The van der Waals surface area contributed by atoms with Crippen molar-refractivity contribution >= 4 is 0 Å². The second kappa shape index (κ2) is 3.52. The van der Waals surface area contributed by atoms with Crippen LogP contribution in [0.25, 0.3) is 0 Å². The second-order valence-corrected chi connectivity index (χ2v) is 3.04. The standard InChI is InChI=1S/C8H9N5O2/c1-12-6(9-5-10-12)4-13-3-2-7(14)11-8(13)15/h2-3,5H,4H2,1H3,(H,11,14,15). The lowest BCUT2D eigenvalue weighted by Gasteiger charge is -2.02. The molecular formula is C8H9N5O2. The van der Waals surface area contributed by atoms with Crippen LogP contribution < -0.4 is 11.2 Å². The zero-order valence-electron chi connectivity index (χ0n) is 8.04. The van der Waals surface area contributed by atoms with Gasteiger partial charge in [0.05, 0.1) is 6.54 Å². The van der Waals surface area contributed by atoms with Gasteiger partial charge in [0.2, 0.25) is 0 Å². The maximum Gasteiger partial charge on any atom is 0.328 e. The van der Waals surface area contributed by atoms with Gasteiger partial charge in [-0.3, -0.25) is 19.0 Å². The Morgan fingerprint density at radius 2 is 2.27 bits per heavy atom. The molecular weight excluding hydrogens is 198 g/mol. The van der Waals surface area contributed by atoms with Crippen molar-refractivity contribution in [2.45, 2.75) is 6.54 Å². The van der Waals surface area contributed by atoms with E-state index in [0.29, 0.717) is 5.82 Å². The van der Waals surface area contributed by atoms with Crippen LogP contribution in [0.15, 0.2) is 28.2 Å². The molecule has 0 unspecified atom stereocenters. The van der Waals surface area contributed by atoms with Crippen LogP contribution in [0.4, 0.5) is 0 Å². The molecule has 2 aromatic heterocycles. The topological polar surface area (TPSA) is 85.6 Å². The van der Waals surface area contributed by atoms with Crippen molar-refractivity contribution in [2.24, 2.45) is 7.05 Å². The molecule has 15 heavy (non-hydrogen) atoms. The highest BCUT2D eigenvalue weighted by Gasteiger charge is 2.02. The molecule has 0 bridgehead atoms. The Kier molecular flexibility index (Phi) is 2.20. The molecule has 0 saturated heterocycles. The Morgan fingerprint density at radius 1 is 1.47 bits per heavy atom. The third kappa shape index (κ3) is 1.85. The molecule has 7 heteroatoms. The minimum Gasteiger partial charge on any atom is -0.293 e. The van der Waals surface area contributed by atoms with E-state index in [-0.39, 0.29) is 6.54 Å². The zero-order valence-corrected chi connectivity index (χ0v) is 8.04. The molecule has 0 aliphatic heterocycles. The first-order valence-electron chi connectivity index (χ1n) is 4.29. The quantitative estimate of drug-likeness (QED) is 0.664. The van der Waals surface area contributed by atoms with Crippen LogP contribution in [-0.2, 0) is 13.6 Å². The molecule has 0 fully saturated rings. The molecule has 0 radical (unpaired) electrons. The average Bonchev–Trinajstić information content (AvgIpc) is 2.57. The van der Waals surface area contributed by atoms with E-state index in [2.05, 4.69) is 15.1 Å². The summed E-state index contributed by atoms with van der Waals surface area (Å²) in [4.78, 5) is 28.3. The lowest BCUT2D eigenvalue weighted by Crippen LogP contribution is -2.29. The smallest absolute Gasteiger partial charge is 0.293 e. The summed E-state index contributed by atoms with van der Waals surface area (Å²) in [5, 5.41) is 3.88. The summed E-state index contributed by atoms with van der Waals surface area (Å²) in [6, 6.07) is 1.29. The highest BCUT2D eigenvalue weighted by Crippen LogP contribution is 1.92. The summed E-state index contributed by atoms with van der Waals surface area (Å²) in [6.07, 6.45) is 2.84. The SMILES string of the molecule is Cn1ncnc1Cn1ccc(=O)[nH]c1=O. The van der Waals surface area contributed by atoms with E-state index < -0.39 is 11.2 Å². The summed E-state index contributed by atoms with van der Waals surface area (Å²) in [5.41, 5.74) is -0.861. The van der Waals surface area contributed by atoms with Crippen molar-refractivity contribution in [3.8, 4) is 0 Å². The predicted octanol–water partition coefficient (Wildman–Crippen LogP) is -1.29. The van der Waals surface area contributed by atoms with Crippen LogP contribution in [0.1, 0.15) is 5.82 Å². The van der Waals surface area contributed by atoms with Gasteiger partial charge in [-0.05, 0) is 0 Å². The number of aromatic nitrogens is 5. The van der Waals surface area contributed by atoms with Crippen molar-refractivity contribution < 1.29 is 0 Å². The number of aryl methyl sites for hydroxylation is 1. The predicted molar refractivity (Wildman–Crippen MR) is 51.4 cm³/mol. The number of nitrogens with one attached hydrogen (secondary N) is 1. The number of rotatable bonds is 2. The van der Waals surface area contributed by atoms with Crippen LogP contribution >= 0.6 is 0 Å². The maximum atomic E-state index is 11.3. The van der Waals surface area contributed by atoms with Gasteiger partial charge in [0.15, 0.2) is 0 Å². The number of hydrogen-bond acceptors (Lipinski definition) is 4. The lowest BCUT2D eigenvalue weighted by molar-refractivity contribution is 0.628. The first-order chi connectivity index (χ1) is 7.16. The minimum atomic E-state index is -0.453. The van der Waals surface area contributed by atoms with Gasteiger partial charge in [0.25, 0.3) is 5.56 Å². The van der Waals surface area contributed by atoms with E-state index in [4.69, 9.17) is 0 Å². The summed E-state index contributed by atoms with van der Waals surface area (Å²) in [5.74, 6) is 0.643. The van der Waals surface area contributed by atoms with Gasteiger partial charge in [0.1, 0.15) is 12.2 Å². The second-order valence-electron chi connectivity index (χ2n) is 3.04. The molecule has 0 saturated carbocycles. The molecule has 0 spiro atoms. The molecule has 0 amide bonds. The van der Waals surface area contributed by atoms with Gasteiger partial charge in [-0.15, -0.1) is 0 Å². The summed E-state index contributed by atoms with van der Waals surface area (Å²) >= 11 is 0. The largest absolute Gasteiger partial charge is 0.328 e. The van der Waals surface area contributed by atoms with Gasteiger partial charge in [0, 0.05) is 19.3 Å². The number of aromatic amines is 1. The fraction of sp³-hybridized carbons (Fsp3) is 0.250. The van der Waals surface area contributed by atoms with Crippen molar-refractivity contribution in [2.75, 3.05) is 0 Å². The first kappa shape index (κ1) is 9.38. The molecule has 7 nitrogen and oxygen atoms in total. The number of H-pyrrole nitrogens is 1. The fourth-order valence-electron chi connectivity index (χ4n) is 1.18. The van der Waals surface area contributed by atoms with Gasteiger partial charge in [-0.25, -0.2) is 9.78 Å². The van der Waals surface area contributed by atoms with Crippen molar-refractivity contribution in [3.05, 3.63) is 45.3 Å². The van der Waals surface area contributed by atoms with Crippen LogP contribution in [0, 0.1) is 0 Å². The monoisotopic (exact) mass is 207 g/mol. The maximum absolute atomic E-state index is 11.3. The van der Waals surface area contributed by atoms with Crippen LogP contribution in [0.5, 0.6) is 0 Å². The molecule has 2 rings (SSSR count). The van der Waals surface area contributed by atoms with Gasteiger partial charge in [-0.1, -0.05) is 0 Å². The van der Waals surface area contributed by atoms with E-state index in [9.17, 15) is 9.59 Å². The van der Waals surface area contributed by atoms with E-state index in [0.717, 1.165) is 0 Å². The van der Waals surface area contributed by atoms with Crippen LogP contribution in [0.2, 0.25) is 0 Å².